The van der Waals surface area contributed by atoms with Crippen LogP contribution in [0, 0.1) is 5.92 Å². The first-order valence-corrected chi connectivity index (χ1v) is 16.9. The van der Waals surface area contributed by atoms with E-state index in [1.165, 1.54) is 44.1 Å². The maximum absolute atomic E-state index is 6.69. The summed E-state index contributed by atoms with van der Waals surface area (Å²) in [5.41, 5.74) is 4.32. The third-order valence-corrected chi connectivity index (χ3v) is 9.44. The van der Waals surface area contributed by atoms with Crippen molar-refractivity contribution in [1.82, 2.24) is 35.4 Å². The summed E-state index contributed by atoms with van der Waals surface area (Å²) in [7, 11) is 0. The maximum atomic E-state index is 6.69. The molecule has 2 heterocycles. The summed E-state index contributed by atoms with van der Waals surface area (Å²) in [6.07, 6.45) is 14.7. The fraction of sp³-hybridized carbons (Fsp3) is 0.571. The molecule has 0 aliphatic heterocycles. The van der Waals surface area contributed by atoms with Gasteiger partial charge in [0.25, 0.3) is 0 Å². The standard InChI is InChI=1S/C35H47N7O2/c1-3-25(4-2)24-42-32(23-26-19-21-27(22-20-26)30-17-11-12-18-31(30)33-37-40-41-38-33)36-34(39-42)35(43-28-13-7-5-8-14-28)44-29-15-9-6-10-16-29/h11-12,17-22,25,28-29,35H,3-10,13-16,23-24H2,1-2H3,(H,37,38,40,41). The number of H-pyrrole nitrogens is 1. The van der Waals surface area contributed by atoms with Crippen molar-refractivity contribution in [3.05, 3.63) is 65.7 Å². The van der Waals surface area contributed by atoms with Gasteiger partial charge in [-0.1, -0.05) is 114 Å². The Balaban J connectivity index is 1.26. The first-order chi connectivity index (χ1) is 21.7. The Kier molecular flexibility index (Phi) is 10.5. The van der Waals surface area contributed by atoms with Gasteiger partial charge in [-0.25, -0.2) is 9.67 Å². The molecule has 2 fully saturated rings. The van der Waals surface area contributed by atoms with Crippen molar-refractivity contribution in [3.8, 4) is 22.5 Å². The van der Waals surface area contributed by atoms with E-state index in [1.807, 2.05) is 18.2 Å². The molecule has 2 aliphatic carbocycles. The Morgan fingerprint density at radius 1 is 0.818 bits per heavy atom. The second kappa shape index (κ2) is 15.0. The first kappa shape index (κ1) is 30.6. The number of tetrazole rings is 1. The highest BCUT2D eigenvalue weighted by Gasteiger charge is 2.29. The van der Waals surface area contributed by atoms with Gasteiger partial charge >= 0.3 is 0 Å². The van der Waals surface area contributed by atoms with E-state index >= 15 is 0 Å². The second-order valence-electron chi connectivity index (χ2n) is 12.5. The fourth-order valence-electron chi connectivity index (χ4n) is 6.66. The minimum absolute atomic E-state index is 0.217. The number of ether oxygens (including phenoxy) is 2. The molecule has 0 amide bonds. The van der Waals surface area contributed by atoms with Crippen LogP contribution in [0.5, 0.6) is 0 Å². The van der Waals surface area contributed by atoms with E-state index in [0.29, 0.717) is 24.0 Å². The molecule has 0 spiro atoms. The minimum atomic E-state index is -0.507. The van der Waals surface area contributed by atoms with Crippen LogP contribution in [0.2, 0.25) is 0 Å². The molecule has 0 bridgehead atoms. The quantitative estimate of drug-likeness (QED) is 0.157. The van der Waals surface area contributed by atoms with Crippen molar-refractivity contribution in [2.24, 2.45) is 5.92 Å². The van der Waals surface area contributed by atoms with Crippen LogP contribution in [0.4, 0.5) is 0 Å². The van der Waals surface area contributed by atoms with E-state index < -0.39 is 6.29 Å². The molecular formula is C35H47N7O2. The van der Waals surface area contributed by atoms with Gasteiger partial charge in [0.05, 0.1) is 12.2 Å². The third kappa shape index (κ3) is 7.61. The van der Waals surface area contributed by atoms with Gasteiger partial charge in [-0.3, -0.25) is 0 Å². The van der Waals surface area contributed by atoms with Crippen LogP contribution in [0.25, 0.3) is 22.5 Å². The van der Waals surface area contributed by atoms with Crippen LogP contribution in [-0.4, -0.2) is 47.6 Å². The molecule has 0 radical (unpaired) electrons. The monoisotopic (exact) mass is 597 g/mol. The zero-order chi connectivity index (χ0) is 30.1. The molecular weight excluding hydrogens is 550 g/mol. The zero-order valence-electron chi connectivity index (χ0n) is 26.3. The van der Waals surface area contributed by atoms with Gasteiger partial charge in [-0.15, -0.1) is 10.2 Å². The number of hydrogen-bond donors (Lipinski definition) is 1. The molecule has 2 aromatic carbocycles. The lowest BCUT2D eigenvalue weighted by molar-refractivity contribution is -0.212. The van der Waals surface area contributed by atoms with Crippen molar-refractivity contribution in [2.75, 3.05) is 0 Å². The number of nitrogens with zero attached hydrogens (tertiary/aromatic N) is 6. The summed E-state index contributed by atoms with van der Waals surface area (Å²) in [4.78, 5) is 5.16. The third-order valence-electron chi connectivity index (χ3n) is 9.44. The predicted molar refractivity (Wildman–Crippen MR) is 171 cm³/mol. The van der Waals surface area contributed by atoms with Crippen molar-refractivity contribution < 1.29 is 9.47 Å². The highest BCUT2D eigenvalue weighted by atomic mass is 16.7. The topological polar surface area (TPSA) is 104 Å². The van der Waals surface area contributed by atoms with Crippen LogP contribution in [0.1, 0.15) is 114 Å². The molecule has 2 aliphatic rings. The van der Waals surface area contributed by atoms with Gasteiger partial charge in [-0.05, 0) is 53.5 Å². The highest BCUT2D eigenvalue weighted by Crippen LogP contribution is 2.33. The van der Waals surface area contributed by atoms with Crippen LogP contribution in [0.15, 0.2) is 48.5 Å². The fourth-order valence-corrected chi connectivity index (χ4v) is 6.66. The smallest absolute Gasteiger partial charge is 0.221 e. The summed E-state index contributed by atoms with van der Waals surface area (Å²) in [5.74, 6) is 2.79. The van der Waals surface area contributed by atoms with Crippen molar-refractivity contribution in [3.63, 3.8) is 0 Å². The van der Waals surface area contributed by atoms with Crippen molar-refractivity contribution in [1.29, 1.82) is 0 Å². The molecule has 0 atom stereocenters. The first-order valence-electron chi connectivity index (χ1n) is 16.9. The molecule has 0 unspecified atom stereocenters. The molecule has 9 nitrogen and oxygen atoms in total. The Hall–Kier alpha value is -3.43. The summed E-state index contributed by atoms with van der Waals surface area (Å²) < 4.78 is 15.5. The number of hydrogen-bond acceptors (Lipinski definition) is 7. The lowest BCUT2D eigenvalue weighted by Crippen LogP contribution is -2.27. The second-order valence-corrected chi connectivity index (χ2v) is 12.5. The molecule has 2 aromatic heterocycles. The lowest BCUT2D eigenvalue weighted by atomic mass is 9.97. The van der Waals surface area contributed by atoms with E-state index in [1.54, 1.807) is 0 Å². The number of aromatic amines is 1. The van der Waals surface area contributed by atoms with Gasteiger partial charge in [0.15, 0.2) is 0 Å². The molecule has 1 N–H and O–H groups in total. The predicted octanol–water partition coefficient (Wildman–Crippen LogP) is 7.85. The molecule has 0 saturated heterocycles. The minimum Gasteiger partial charge on any atom is -0.342 e. The Bertz CT molecular complexity index is 1400. The number of nitrogens with one attached hydrogen (secondary N) is 1. The van der Waals surface area contributed by atoms with E-state index in [9.17, 15) is 0 Å². The van der Waals surface area contributed by atoms with Crippen LogP contribution in [0.3, 0.4) is 0 Å². The largest absolute Gasteiger partial charge is 0.342 e. The molecule has 6 rings (SSSR count). The van der Waals surface area contributed by atoms with Crippen molar-refractivity contribution >= 4 is 0 Å². The molecule has 234 valence electrons. The van der Waals surface area contributed by atoms with E-state index in [4.69, 9.17) is 19.6 Å². The van der Waals surface area contributed by atoms with Crippen LogP contribution in [-0.2, 0) is 22.4 Å². The Morgan fingerprint density at radius 2 is 1.45 bits per heavy atom. The number of aromatic nitrogens is 7. The SMILES string of the molecule is CCC(CC)Cn1nc(C(OC2CCCCC2)OC2CCCCC2)nc1Cc1ccc(-c2ccccc2-c2nn[nH]n2)cc1. The van der Waals surface area contributed by atoms with Crippen LogP contribution < -0.4 is 0 Å². The normalized spacial score (nSPS) is 16.7. The zero-order valence-corrected chi connectivity index (χ0v) is 26.3. The summed E-state index contributed by atoms with van der Waals surface area (Å²) in [5, 5.41) is 19.8. The highest BCUT2D eigenvalue weighted by molar-refractivity contribution is 5.80. The Morgan fingerprint density at radius 3 is 2.05 bits per heavy atom. The van der Waals surface area contributed by atoms with Gasteiger partial charge in [-0.2, -0.15) is 10.3 Å². The summed E-state index contributed by atoms with van der Waals surface area (Å²) in [6.45, 7) is 5.38. The molecule has 9 heteroatoms. The molecule has 2 saturated carbocycles. The Labute approximate surface area is 261 Å². The van der Waals surface area contributed by atoms with E-state index in [0.717, 1.165) is 67.6 Å². The number of rotatable bonds is 13. The molecule has 44 heavy (non-hydrogen) atoms. The van der Waals surface area contributed by atoms with E-state index in [2.05, 4.69) is 69.5 Å². The van der Waals surface area contributed by atoms with Gasteiger partial charge in [0.1, 0.15) is 5.82 Å². The molecule has 4 aromatic rings. The van der Waals surface area contributed by atoms with E-state index in [-0.39, 0.29) is 12.2 Å². The number of benzene rings is 2. The van der Waals surface area contributed by atoms with Crippen molar-refractivity contribution in [2.45, 2.75) is 122 Å². The lowest BCUT2D eigenvalue weighted by Gasteiger charge is -2.30. The van der Waals surface area contributed by atoms with Gasteiger partial charge in [0, 0.05) is 18.5 Å². The van der Waals surface area contributed by atoms with Gasteiger partial charge < -0.3 is 9.47 Å². The maximum Gasteiger partial charge on any atom is 0.221 e. The average Bonchev–Trinajstić information content (AvgIpc) is 3.75. The summed E-state index contributed by atoms with van der Waals surface area (Å²) in [6, 6.07) is 16.9. The van der Waals surface area contributed by atoms with Gasteiger partial charge in [0.2, 0.25) is 17.9 Å². The van der Waals surface area contributed by atoms with Crippen LogP contribution >= 0.6 is 0 Å². The average molecular weight is 598 g/mol. The summed E-state index contributed by atoms with van der Waals surface area (Å²) >= 11 is 0.